The third-order valence-electron chi connectivity index (χ3n) is 12.3. The Bertz CT molecular complexity index is 2090. The van der Waals surface area contributed by atoms with Gasteiger partial charge in [0.15, 0.2) is 5.78 Å². The number of nitrogens with zero attached hydrogens (tertiary/aromatic N) is 2. The number of carbonyl (C=O) groups excluding carboxylic acids is 3. The normalized spacial score (nSPS) is 28.0. The van der Waals surface area contributed by atoms with E-state index in [-0.39, 0.29) is 47.3 Å². The Morgan fingerprint density at radius 1 is 1.07 bits per heavy atom. The summed E-state index contributed by atoms with van der Waals surface area (Å²) < 4.78 is 54.5. The first-order chi connectivity index (χ1) is 25.8. The standard InChI is InChI=1S/C39H46BF3N6O6/c1-7-30(40-54-31-27-16-25(36(27,3)4)17-38(31,6)55-40)47-32(51)29-18-37(5,48-35(53)46-26-13-9-11-23(15-26)21(2)50)34-45-20-28(33(52)49(29)34)44-19-22-10-8-12-24(14-22)39(41,42)43/h8-15,20,25,27,29-31,44H,7,16-19H2,1-6H3,(H,47,51)(H2,46,48,53)/t25?,27?,29-,30-,31+,37+,38-/m0/s1. The number of aromatic nitrogens is 2. The molecule has 8 rings (SSSR count). The molecule has 1 saturated heterocycles. The largest absolute Gasteiger partial charge is 0.481 e. The minimum atomic E-state index is -4.54. The molecule has 2 unspecified atom stereocenters. The molecular formula is C39H46BF3N6O6. The number of anilines is 2. The number of urea groups is 1. The smallest absolute Gasteiger partial charge is 0.404 e. The summed E-state index contributed by atoms with van der Waals surface area (Å²) in [6.45, 7) is 11.5. The predicted molar refractivity (Wildman–Crippen MR) is 199 cm³/mol. The highest BCUT2D eigenvalue weighted by molar-refractivity contribution is 6.47. The topological polar surface area (TPSA) is 153 Å². The number of nitrogens with one attached hydrogen (secondary N) is 4. The summed E-state index contributed by atoms with van der Waals surface area (Å²) in [5.41, 5.74) is -2.13. The summed E-state index contributed by atoms with van der Waals surface area (Å²) in [5, 5.41) is 11.6. The number of carbonyl (C=O) groups is 3. The van der Waals surface area contributed by atoms with Crippen LogP contribution in [-0.2, 0) is 32.4 Å². The Morgan fingerprint density at radius 2 is 1.82 bits per heavy atom. The van der Waals surface area contributed by atoms with Gasteiger partial charge in [0.2, 0.25) is 5.91 Å². The van der Waals surface area contributed by atoms with E-state index in [1.165, 1.54) is 35.9 Å². The lowest BCUT2D eigenvalue weighted by atomic mass is 9.45. The van der Waals surface area contributed by atoms with E-state index in [9.17, 15) is 32.3 Å². The number of benzene rings is 2. The van der Waals surface area contributed by atoms with Gasteiger partial charge in [-0.3, -0.25) is 19.0 Å². The van der Waals surface area contributed by atoms with E-state index in [2.05, 4.69) is 47.0 Å². The van der Waals surface area contributed by atoms with Crippen LogP contribution >= 0.6 is 0 Å². The van der Waals surface area contributed by atoms with Crippen LogP contribution in [0.25, 0.3) is 0 Å². The highest BCUT2D eigenvalue weighted by Gasteiger charge is 2.67. The minimum Gasteiger partial charge on any atom is -0.404 e. The number of hydrogen-bond acceptors (Lipinski definition) is 8. The number of rotatable bonds is 10. The first kappa shape index (κ1) is 38.6. The van der Waals surface area contributed by atoms with Gasteiger partial charge in [0.25, 0.3) is 5.56 Å². The fourth-order valence-corrected chi connectivity index (χ4v) is 9.02. The minimum absolute atomic E-state index is 0.0400. The van der Waals surface area contributed by atoms with Crippen LogP contribution in [0.15, 0.2) is 59.5 Å². The van der Waals surface area contributed by atoms with Crippen LogP contribution < -0.4 is 26.8 Å². The van der Waals surface area contributed by atoms with Gasteiger partial charge in [-0.1, -0.05) is 45.0 Å². The molecule has 1 aromatic heterocycles. The van der Waals surface area contributed by atoms with Crippen LogP contribution in [0, 0.1) is 17.3 Å². The number of ketones is 1. The lowest BCUT2D eigenvalue weighted by molar-refractivity contribution is -0.185. The average molecular weight is 763 g/mol. The van der Waals surface area contributed by atoms with Gasteiger partial charge >= 0.3 is 19.3 Å². The number of amides is 3. The van der Waals surface area contributed by atoms with Gasteiger partial charge < -0.3 is 30.6 Å². The number of hydrogen-bond donors (Lipinski definition) is 4. The molecule has 7 atom stereocenters. The molecule has 4 fully saturated rings. The van der Waals surface area contributed by atoms with Crippen LogP contribution in [0.5, 0.6) is 0 Å². The lowest BCUT2D eigenvalue weighted by Gasteiger charge is -2.63. The Kier molecular flexibility index (Phi) is 9.68. The van der Waals surface area contributed by atoms with Gasteiger partial charge in [-0.2, -0.15) is 13.2 Å². The number of fused-ring (bicyclic) bond motifs is 1. The maximum atomic E-state index is 14.3. The molecule has 3 saturated carbocycles. The molecule has 3 amide bonds. The molecule has 292 valence electrons. The third kappa shape index (κ3) is 7.03. The first-order valence-corrected chi connectivity index (χ1v) is 18.7. The van der Waals surface area contributed by atoms with Crippen LogP contribution in [0.3, 0.4) is 0 Å². The predicted octanol–water partition coefficient (Wildman–Crippen LogP) is 6.22. The molecule has 2 bridgehead atoms. The van der Waals surface area contributed by atoms with Crippen molar-refractivity contribution in [2.75, 3.05) is 10.6 Å². The Morgan fingerprint density at radius 3 is 2.51 bits per heavy atom. The van der Waals surface area contributed by atoms with Gasteiger partial charge in [0.1, 0.15) is 17.6 Å². The summed E-state index contributed by atoms with van der Waals surface area (Å²) in [5.74, 6) is -0.266. The van der Waals surface area contributed by atoms with E-state index in [4.69, 9.17) is 9.31 Å². The van der Waals surface area contributed by atoms with Crippen molar-refractivity contribution in [1.82, 2.24) is 20.2 Å². The molecule has 3 aromatic rings. The summed E-state index contributed by atoms with van der Waals surface area (Å²) in [7, 11) is -0.712. The maximum absolute atomic E-state index is 14.3. The van der Waals surface area contributed by atoms with Crippen molar-refractivity contribution in [1.29, 1.82) is 0 Å². The van der Waals surface area contributed by atoms with Crippen molar-refractivity contribution >= 4 is 36.2 Å². The van der Waals surface area contributed by atoms with Gasteiger partial charge in [0, 0.05) is 24.2 Å². The summed E-state index contributed by atoms with van der Waals surface area (Å²) in [6.07, 6.45) is -1.05. The second kappa shape index (κ2) is 13.8. The second-order valence-electron chi connectivity index (χ2n) is 16.4. The summed E-state index contributed by atoms with van der Waals surface area (Å²) in [4.78, 5) is 58.4. The zero-order valence-corrected chi connectivity index (χ0v) is 31.7. The molecule has 12 nitrogen and oxygen atoms in total. The van der Waals surface area contributed by atoms with E-state index >= 15 is 0 Å². The fourth-order valence-electron chi connectivity index (χ4n) is 9.02. The molecule has 16 heteroatoms. The van der Waals surface area contributed by atoms with Gasteiger partial charge in [0.05, 0.1) is 34.9 Å². The van der Waals surface area contributed by atoms with Gasteiger partial charge in [-0.05, 0) is 87.1 Å². The Hall–Kier alpha value is -4.70. The highest BCUT2D eigenvalue weighted by atomic mass is 19.4. The molecule has 2 aliphatic heterocycles. The lowest BCUT2D eigenvalue weighted by Crippen LogP contribution is -2.63. The van der Waals surface area contributed by atoms with Gasteiger partial charge in [-0.15, -0.1) is 0 Å². The maximum Gasteiger partial charge on any atom is 0.481 e. The summed E-state index contributed by atoms with van der Waals surface area (Å²) in [6, 6.07) is 9.36. The van der Waals surface area contributed by atoms with E-state index in [1.807, 2.05) is 6.92 Å². The molecule has 2 aromatic carbocycles. The van der Waals surface area contributed by atoms with Crippen LogP contribution in [-0.4, -0.2) is 52.0 Å². The van der Waals surface area contributed by atoms with Crippen molar-refractivity contribution in [3.8, 4) is 0 Å². The molecule has 0 spiro atoms. The van der Waals surface area contributed by atoms with E-state index < -0.39 is 59.5 Å². The summed E-state index contributed by atoms with van der Waals surface area (Å²) >= 11 is 0. The molecule has 4 N–H and O–H groups in total. The molecule has 55 heavy (non-hydrogen) atoms. The van der Waals surface area contributed by atoms with Crippen molar-refractivity contribution in [2.45, 2.75) is 109 Å². The van der Waals surface area contributed by atoms with Crippen molar-refractivity contribution < 1.29 is 36.9 Å². The van der Waals surface area contributed by atoms with Crippen molar-refractivity contribution in [3.05, 3.63) is 87.6 Å². The second-order valence-corrected chi connectivity index (χ2v) is 16.4. The zero-order valence-electron chi connectivity index (χ0n) is 31.7. The highest BCUT2D eigenvalue weighted by Crippen LogP contribution is 2.64. The third-order valence-corrected chi connectivity index (χ3v) is 12.3. The van der Waals surface area contributed by atoms with E-state index in [0.717, 1.165) is 25.0 Å². The molecule has 3 heterocycles. The SMILES string of the molecule is CC[C@H](NC(=O)[C@@H]1C[C@@](C)(NC(=O)Nc2cccc(C(C)=O)c2)c2ncc(NCc3cccc(C(F)(F)F)c3)c(=O)n21)B1O[C@@H]2C3CC(C[C@]2(C)O1)C3(C)C. The quantitative estimate of drug-likeness (QED) is 0.140. The fraction of sp³-hybridized carbons (Fsp3) is 0.513. The van der Waals surface area contributed by atoms with E-state index in [1.54, 1.807) is 25.1 Å². The first-order valence-electron chi connectivity index (χ1n) is 18.7. The Balaban J connectivity index is 1.15. The van der Waals surface area contributed by atoms with Crippen LogP contribution in [0.2, 0.25) is 0 Å². The molecule has 3 aliphatic carbocycles. The monoisotopic (exact) mass is 762 g/mol. The van der Waals surface area contributed by atoms with E-state index in [0.29, 0.717) is 29.5 Å². The number of Topliss-reactive ketones (excluding diaryl/α,β-unsaturated/α-hetero) is 1. The molecular weight excluding hydrogens is 716 g/mol. The van der Waals surface area contributed by atoms with Crippen molar-refractivity contribution in [3.63, 3.8) is 0 Å². The van der Waals surface area contributed by atoms with Crippen LogP contribution in [0.4, 0.5) is 29.3 Å². The van der Waals surface area contributed by atoms with Crippen molar-refractivity contribution in [2.24, 2.45) is 17.3 Å². The number of alkyl halides is 3. The zero-order chi connectivity index (χ0) is 39.7. The van der Waals surface area contributed by atoms with Gasteiger partial charge in [-0.25, -0.2) is 9.78 Å². The molecule has 5 aliphatic rings. The molecule has 0 radical (unpaired) electrons. The number of halogens is 3. The Labute approximate surface area is 317 Å². The average Bonchev–Trinajstić information content (AvgIpc) is 3.64. The van der Waals surface area contributed by atoms with Crippen LogP contribution in [0.1, 0.15) is 101 Å².